The molecule has 0 spiro atoms. The highest BCUT2D eigenvalue weighted by Crippen LogP contribution is 2.16. The summed E-state index contributed by atoms with van der Waals surface area (Å²) in [5.74, 6) is 0.264. The first-order valence-electron chi connectivity index (χ1n) is 4.78. The van der Waals surface area contributed by atoms with Crippen molar-refractivity contribution in [3.8, 4) is 0 Å². The highest BCUT2D eigenvalue weighted by Gasteiger charge is 2.20. The Kier molecular flexibility index (Phi) is 2.84. The molecule has 1 aromatic heterocycles. The van der Waals surface area contributed by atoms with Crippen LogP contribution in [0.2, 0.25) is 0 Å². The number of nitrogens with zero attached hydrogens (tertiary/aromatic N) is 2. The molecular weight excluding hydrogens is 180 g/mol. The minimum atomic E-state index is -0.0301. The molecule has 0 N–H and O–H groups in total. The van der Waals surface area contributed by atoms with E-state index in [1.54, 1.807) is 18.5 Å². The molecule has 0 amide bonds. The van der Waals surface area contributed by atoms with Crippen LogP contribution in [0.15, 0.2) is 18.5 Å². The van der Waals surface area contributed by atoms with Crippen molar-refractivity contribution < 1.29 is 9.53 Å². The summed E-state index contributed by atoms with van der Waals surface area (Å²) < 4.78 is 5.37. The normalized spacial score (nSPS) is 21.0. The zero-order valence-electron chi connectivity index (χ0n) is 7.85. The van der Waals surface area contributed by atoms with Crippen LogP contribution >= 0.6 is 0 Å². The average Bonchev–Trinajstić information content (AvgIpc) is 2.72. The lowest BCUT2D eigenvalue weighted by molar-refractivity contribution is 0.0767. The van der Waals surface area contributed by atoms with Gasteiger partial charge in [-0.2, -0.15) is 0 Å². The summed E-state index contributed by atoms with van der Waals surface area (Å²) in [4.78, 5) is 19.4. The van der Waals surface area contributed by atoms with Gasteiger partial charge in [-0.1, -0.05) is 0 Å². The fourth-order valence-corrected chi connectivity index (χ4v) is 1.55. The van der Waals surface area contributed by atoms with Gasteiger partial charge in [0.15, 0.2) is 5.82 Å². The zero-order chi connectivity index (χ0) is 9.80. The summed E-state index contributed by atoms with van der Waals surface area (Å²) >= 11 is 0. The number of carbonyl (C=O) groups excluding carboxylic acids is 1. The number of rotatable bonds is 3. The van der Waals surface area contributed by atoms with Gasteiger partial charge in [-0.25, -0.2) is 9.97 Å². The fraction of sp³-hybridized carbons (Fsp3) is 0.500. The molecular formula is C10H12N2O2. The van der Waals surface area contributed by atoms with Crippen LogP contribution in [0.5, 0.6) is 0 Å². The Bertz CT molecular complexity index is 307. The second-order valence-electron chi connectivity index (χ2n) is 3.33. The van der Waals surface area contributed by atoms with Crippen molar-refractivity contribution in [2.45, 2.75) is 25.4 Å². The molecule has 1 fully saturated rings. The summed E-state index contributed by atoms with van der Waals surface area (Å²) in [5, 5.41) is 0. The van der Waals surface area contributed by atoms with Crippen molar-refractivity contribution in [2.75, 3.05) is 6.61 Å². The van der Waals surface area contributed by atoms with E-state index in [-0.39, 0.29) is 11.9 Å². The summed E-state index contributed by atoms with van der Waals surface area (Å²) in [7, 11) is 0. The van der Waals surface area contributed by atoms with E-state index in [4.69, 9.17) is 4.74 Å². The lowest BCUT2D eigenvalue weighted by Gasteiger charge is -2.06. The second kappa shape index (κ2) is 4.28. The lowest BCUT2D eigenvalue weighted by atomic mass is 10.1. The van der Waals surface area contributed by atoms with Crippen LogP contribution in [0.4, 0.5) is 0 Å². The molecule has 14 heavy (non-hydrogen) atoms. The van der Waals surface area contributed by atoms with Crippen molar-refractivity contribution in [1.82, 2.24) is 9.97 Å². The first-order chi connectivity index (χ1) is 6.86. The van der Waals surface area contributed by atoms with Crippen LogP contribution in [-0.4, -0.2) is 28.5 Å². The monoisotopic (exact) mass is 192 g/mol. The van der Waals surface area contributed by atoms with E-state index in [1.807, 2.05) is 0 Å². The standard InChI is InChI=1S/C10H12N2O2/c13-9(7-8-3-1-6-14-8)10-11-4-2-5-12-10/h2,4-5,8H,1,3,6-7H2. The second-order valence-corrected chi connectivity index (χ2v) is 3.33. The average molecular weight is 192 g/mol. The molecule has 4 heteroatoms. The van der Waals surface area contributed by atoms with Crippen LogP contribution in [0.25, 0.3) is 0 Å². The van der Waals surface area contributed by atoms with Crippen LogP contribution in [0.1, 0.15) is 29.9 Å². The molecule has 1 aliphatic rings. The summed E-state index contributed by atoms with van der Waals surface area (Å²) in [6, 6.07) is 1.70. The smallest absolute Gasteiger partial charge is 0.202 e. The molecule has 0 aromatic carbocycles. The van der Waals surface area contributed by atoms with E-state index in [9.17, 15) is 4.79 Å². The van der Waals surface area contributed by atoms with Crippen LogP contribution in [0, 0.1) is 0 Å². The molecule has 4 nitrogen and oxygen atoms in total. The largest absolute Gasteiger partial charge is 0.378 e. The van der Waals surface area contributed by atoms with E-state index in [1.165, 1.54) is 0 Å². The van der Waals surface area contributed by atoms with Crippen molar-refractivity contribution >= 4 is 5.78 Å². The van der Waals surface area contributed by atoms with Gasteiger partial charge in [0.1, 0.15) is 0 Å². The Labute approximate surface area is 82.3 Å². The van der Waals surface area contributed by atoms with Crippen molar-refractivity contribution in [3.63, 3.8) is 0 Å². The number of hydrogen-bond acceptors (Lipinski definition) is 4. The minimum absolute atomic E-state index is 0.0301. The minimum Gasteiger partial charge on any atom is -0.378 e. The molecule has 2 heterocycles. The SMILES string of the molecule is O=C(CC1CCCO1)c1ncccn1. The van der Waals surface area contributed by atoms with Gasteiger partial charge < -0.3 is 4.74 Å². The Morgan fingerprint density at radius 1 is 1.50 bits per heavy atom. The Balaban J connectivity index is 1.95. The Hall–Kier alpha value is -1.29. The molecule has 0 radical (unpaired) electrons. The van der Waals surface area contributed by atoms with Gasteiger partial charge in [-0.15, -0.1) is 0 Å². The molecule has 1 unspecified atom stereocenters. The van der Waals surface area contributed by atoms with E-state index >= 15 is 0 Å². The maximum atomic E-state index is 11.6. The van der Waals surface area contributed by atoms with E-state index in [0.29, 0.717) is 12.2 Å². The van der Waals surface area contributed by atoms with Gasteiger partial charge in [0.2, 0.25) is 5.78 Å². The summed E-state index contributed by atoms with van der Waals surface area (Å²) in [6.07, 6.45) is 5.66. The summed E-state index contributed by atoms with van der Waals surface area (Å²) in [6.45, 7) is 0.771. The van der Waals surface area contributed by atoms with E-state index in [2.05, 4.69) is 9.97 Å². The maximum Gasteiger partial charge on any atom is 0.202 e. The van der Waals surface area contributed by atoms with Gasteiger partial charge in [-0.05, 0) is 18.9 Å². The summed E-state index contributed by atoms with van der Waals surface area (Å²) in [5.41, 5.74) is 0. The maximum absolute atomic E-state index is 11.6. The number of Topliss-reactive ketones (excluding diaryl/α,β-unsaturated/α-hetero) is 1. The highest BCUT2D eigenvalue weighted by atomic mass is 16.5. The third-order valence-corrected chi connectivity index (χ3v) is 2.25. The van der Waals surface area contributed by atoms with Gasteiger partial charge in [0.05, 0.1) is 6.10 Å². The molecule has 1 atom stereocenters. The fourth-order valence-electron chi connectivity index (χ4n) is 1.55. The first-order valence-corrected chi connectivity index (χ1v) is 4.78. The van der Waals surface area contributed by atoms with Crippen molar-refractivity contribution in [1.29, 1.82) is 0 Å². The van der Waals surface area contributed by atoms with Gasteiger partial charge in [0, 0.05) is 25.4 Å². The molecule has 0 aliphatic carbocycles. The van der Waals surface area contributed by atoms with Gasteiger partial charge in [-0.3, -0.25) is 4.79 Å². The molecule has 1 aromatic rings. The van der Waals surface area contributed by atoms with Crippen LogP contribution in [-0.2, 0) is 4.74 Å². The molecule has 1 saturated heterocycles. The molecule has 1 aliphatic heterocycles. The molecule has 74 valence electrons. The number of hydrogen-bond donors (Lipinski definition) is 0. The predicted octanol–water partition coefficient (Wildman–Crippen LogP) is 1.23. The number of carbonyl (C=O) groups is 1. The molecule has 0 bridgehead atoms. The van der Waals surface area contributed by atoms with E-state index < -0.39 is 0 Å². The third kappa shape index (κ3) is 2.14. The number of aromatic nitrogens is 2. The zero-order valence-corrected chi connectivity index (χ0v) is 7.85. The van der Waals surface area contributed by atoms with E-state index in [0.717, 1.165) is 19.4 Å². The molecule has 0 saturated carbocycles. The quantitative estimate of drug-likeness (QED) is 0.676. The number of ketones is 1. The number of ether oxygens (including phenoxy) is 1. The van der Waals surface area contributed by atoms with Crippen molar-refractivity contribution in [2.24, 2.45) is 0 Å². The topological polar surface area (TPSA) is 52.1 Å². The highest BCUT2D eigenvalue weighted by molar-refractivity contribution is 5.92. The van der Waals surface area contributed by atoms with Crippen LogP contribution < -0.4 is 0 Å². The molecule has 2 rings (SSSR count). The lowest BCUT2D eigenvalue weighted by Crippen LogP contribution is -2.14. The first kappa shape index (κ1) is 9.27. The van der Waals surface area contributed by atoms with Crippen LogP contribution in [0.3, 0.4) is 0 Å². The Morgan fingerprint density at radius 3 is 2.93 bits per heavy atom. The van der Waals surface area contributed by atoms with Gasteiger partial charge >= 0.3 is 0 Å². The third-order valence-electron chi connectivity index (χ3n) is 2.25. The predicted molar refractivity (Wildman–Crippen MR) is 50.0 cm³/mol. The van der Waals surface area contributed by atoms with Crippen molar-refractivity contribution in [3.05, 3.63) is 24.3 Å². The van der Waals surface area contributed by atoms with Gasteiger partial charge in [0.25, 0.3) is 0 Å². The Morgan fingerprint density at radius 2 is 2.29 bits per heavy atom.